The van der Waals surface area contributed by atoms with Crippen molar-refractivity contribution in [2.45, 2.75) is 6.92 Å². The van der Waals surface area contributed by atoms with Crippen molar-refractivity contribution < 1.29 is 4.79 Å². The summed E-state index contributed by atoms with van der Waals surface area (Å²) in [6.45, 7) is 1.94. The number of thiocarbonyl (C=S) groups is 1. The molecule has 1 aromatic carbocycles. The Hall–Kier alpha value is -1.95. The van der Waals surface area contributed by atoms with Gasteiger partial charge < -0.3 is 5.32 Å². The van der Waals surface area contributed by atoms with E-state index in [0.29, 0.717) is 21.4 Å². The van der Waals surface area contributed by atoms with Gasteiger partial charge >= 0.3 is 0 Å². The van der Waals surface area contributed by atoms with Gasteiger partial charge in [0.25, 0.3) is 0 Å². The second kappa shape index (κ2) is 8.06. The molecule has 0 saturated heterocycles. The number of benzene rings is 1. The van der Waals surface area contributed by atoms with Gasteiger partial charge in [0, 0.05) is 22.3 Å². The van der Waals surface area contributed by atoms with Gasteiger partial charge in [-0.05, 0) is 60.6 Å². The Morgan fingerprint density at radius 1 is 1.26 bits per heavy atom. The third kappa shape index (κ3) is 5.63. The summed E-state index contributed by atoms with van der Waals surface area (Å²) in [5.41, 5.74) is 1.72. The van der Waals surface area contributed by atoms with Gasteiger partial charge in [0.1, 0.15) is 5.82 Å². The lowest BCUT2D eigenvalue weighted by molar-refractivity contribution is -0.115. The molecule has 7 heteroatoms. The van der Waals surface area contributed by atoms with Gasteiger partial charge in [-0.3, -0.25) is 10.1 Å². The molecule has 0 fully saturated rings. The Bertz CT molecular complexity index is 778. The molecule has 118 valence electrons. The van der Waals surface area contributed by atoms with Crippen LogP contribution in [-0.2, 0) is 4.79 Å². The number of carbonyl (C=O) groups is 1. The number of amides is 1. The lowest BCUT2D eigenvalue weighted by Crippen LogP contribution is -2.33. The predicted octanol–water partition coefficient (Wildman–Crippen LogP) is 4.22. The van der Waals surface area contributed by atoms with Crippen molar-refractivity contribution in [1.82, 2.24) is 10.3 Å². The third-order valence-electron chi connectivity index (χ3n) is 2.77. The summed E-state index contributed by atoms with van der Waals surface area (Å²) < 4.78 is 0. The summed E-state index contributed by atoms with van der Waals surface area (Å²) in [7, 11) is 0. The molecule has 0 bridgehead atoms. The van der Waals surface area contributed by atoms with E-state index in [1.165, 1.54) is 6.08 Å². The van der Waals surface area contributed by atoms with Gasteiger partial charge in [0.2, 0.25) is 5.91 Å². The van der Waals surface area contributed by atoms with E-state index in [9.17, 15) is 4.79 Å². The Labute approximate surface area is 149 Å². The summed E-state index contributed by atoms with van der Waals surface area (Å²) in [6.07, 6.45) is 4.58. The Kier molecular flexibility index (Phi) is 6.10. The van der Waals surface area contributed by atoms with Crippen LogP contribution in [0.4, 0.5) is 5.82 Å². The number of rotatable bonds is 3. The molecule has 1 aromatic heterocycles. The van der Waals surface area contributed by atoms with E-state index in [2.05, 4.69) is 15.6 Å². The summed E-state index contributed by atoms with van der Waals surface area (Å²) >= 11 is 16.9. The van der Waals surface area contributed by atoms with Crippen molar-refractivity contribution in [2.24, 2.45) is 0 Å². The average molecular weight is 366 g/mol. The van der Waals surface area contributed by atoms with Crippen LogP contribution in [0.25, 0.3) is 6.08 Å². The van der Waals surface area contributed by atoms with Crippen molar-refractivity contribution in [1.29, 1.82) is 0 Å². The van der Waals surface area contributed by atoms with Crippen molar-refractivity contribution in [3.05, 3.63) is 63.8 Å². The van der Waals surface area contributed by atoms with E-state index in [1.54, 1.807) is 30.5 Å². The first kappa shape index (κ1) is 17.4. The van der Waals surface area contributed by atoms with Gasteiger partial charge in [0.05, 0.1) is 0 Å². The Morgan fingerprint density at radius 3 is 2.74 bits per heavy atom. The van der Waals surface area contributed by atoms with E-state index < -0.39 is 0 Å². The molecule has 2 rings (SSSR count). The number of nitrogens with zero attached hydrogens (tertiary/aromatic N) is 1. The second-order valence-electron chi connectivity index (χ2n) is 4.66. The first-order valence-electron chi connectivity index (χ1n) is 6.62. The number of aryl methyl sites for hydroxylation is 1. The average Bonchev–Trinajstić information content (AvgIpc) is 2.46. The van der Waals surface area contributed by atoms with E-state index in [-0.39, 0.29) is 11.0 Å². The fourth-order valence-corrected chi connectivity index (χ4v) is 2.38. The molecule has 0 atom stereocenters. The van der Waals surface area contributed by atoms with E-state index in [4.69, 9.17) is 35.4 Å². The molecule has 1 heterocycles. The number of carbonyl (C=O) groups excluding carboxylic acids is 1. The van der Waals surface area contributed by atoms with Crippen LogP contribution in [0.5, 0.6) is 0 Å². The molecule has 0 radical (unpaired) electrons. The third-order valence-corrected chi connectivity index (χ3v) is 3.54. The molecule has 1 amide bonds. The lowest BCUT2D eigenvalue weighted by atomic mass is 10.2. The molecule has 0 aliphatic heterocycles. The molecule has 0 saturated carbocycles. The first-order valence-corrected chi connectivity index (χ1v) is 7.78. The van der Waals surface area contributed by atoms with Gasteiger partial charge in [-0.25, -0.2) is 4.98 Å². The fraction of sp³-hybridized carbons (Fsp3) is 0.0625. The van der Waals surface area contributed by atoms with Crippen molar-refractivity contribution in [2.75, 3.05) is 5.32 Å². The molecule has 0 aliphatic carbocycles. The van der Waals surface area contributed by atoms with Crippen LogP contribution >= 0.6 is 35.4 Å². The molecule has 0 aliphatic rings. The highest BCUT2D eigenvalue weighted by Gasteiger charge is 2.03. The number of nitrogens with one attached hydrogen (secondary N) is 2. The number of aromatic nitrogens is 1. The van der Waals surface area contributed by atoms with Crippen LogP contribution in [0.2, 0.25) is 10.0 Å². The Morgan fingerprint density at radius 2 is 2.04 bits per heavy atom. The molecule has 2 N–H and O–H groups in total. The topological polar surface area (TPSA) is 54.0 Å². The lowest BCUT2D eigenvalue weighted by Gasteiger charge is -2.07. The van der Waals surface area contributed by atoms with Crippen molar-refractivity contribution >= 4 is 58.3 Å². The van der Waals surface area contributed by atoms with Gasteiger partial charge in [-0.15, -0.1) is 0 Å². The number of hydrogen-bond donors (Lipinski definition) is 2. The van der Waals surface area contributed by atoms with Gasteiger partial charge in [-0.1, -0.05) is 29.3 Å². The van der Waals surface area contributed by atoms with Crippen molar-refractivity contribution in [3.8, 4) is 0 Å². The summed E-state index contributed by atoms with van der Waals surface area (Å²) in [5, 5.41) is 6.54. The Balaban J connectivity index is 1.93. The SMILES string of the molecule is Cc1ccnc(NC(=S)NC(=O)C=Cc2ccc(Cl)cc2Cl)c1. The zero-order valence-electron chi connectivity index (χ0n) is 12.1. The maximum Gasteiger partial charge on any atom is 0.250 e. The summed E-state index contributed by atoms with van der Waals surface area (Å²) in [4.78, 5) is 15.9. The van der Waals surface area contributed by atoms with Crippen LogP contribution < -0.4 is 10.6 Å². The van der Waals surface area contributed by atoms with Crippen LogP contribution in [0.15, 0.2) is 42.6 Å². The minimum absolute atomic E-state index is 0.167. The van der Waals surface area contributed by atoms with Crippen LogP contribution in [0, 0.1) is 6.92 Å². The number of anilines is 1. The fourth-order valence-electron chi connectivity index (χ4n) is 1.71. The normalized spacial score (nSPS) is 10.6. The second-order valence-corrected chi connectivity index (χ2v) is 5.91. The molecule has 2 aromatic rings. The largest absolute Gasteiger partial charge is 0.317 e. The first-order chi connectivity index (χ1) is 10.9. The zero-order valence-corrected chi connectivity index (χ0v) is 14.5. The van der Waals surface area contributed by atoms with Gasteiger partial charge in [0.15, 0.2) is 5.11 Å². The minimum atomic E-state index is -0.374. The standard InChI is InChI=1S/C16H13Cl2N3OS/c1-10-6-7-19-14(8-10)20-16(23)21-15(22)5-3-11-2-4-12(17)9-13(11)18/h2-9H,1H3,(H2,19,20,21,22,23). The number of halogens is 2. The van der Waals surface area contributed by atoms with Crippen molar-refractivity contribution in [3.63, 3.8) is 0 Å². The van der Waals surface area contributed by atoms with Crippen LogP contribution in [0.1, 0.15) is 11.1 Å². The van der Waals surface area contributed by atoms with E-state index in [0.717, 1.165) is 5.56 Å². The highest BCUT2D eigenvalue weighted by molar-refractivity contribution is 7.80. The summed E-state index contributed by atoms with van der Waals surface area (Å²) in [5.74, 6) is 0.196. The summed E-state index contributed by atoms with van der Waals surface area (Å²) in [6, 6.07) is 8.71. The monoisotopic (exact) mass is 365 g/mol. The maximum atomic E-state index is 11.8. The molecule has 4 nitrogen and oxygen atoms in total. The van der Waals surface area contributed by atoms with E-state index in [1.807, 2.05) is 19.1 Å². The molecule has 0 spiro atoms. The minimum Gasteiger partial charge on any atom is -0.317 e. The maximum absolute atomic E-state index is 11.8. The molecule has 0 unspecified atom stereocenters. The highest BCUT2D eigenvalue weighted by atomic mass is 35.5. The zero-order chi connectivity index (χ0) is 16.8. The number of hydrogen-bond acceptors (Lipinski definition) is 3. The van der Waals surface area contributed by atoms with Crippen LogP contribution in [0.3, 0.4) is 0 Å². The van der Waals surface area contributed by atoms with Crippen LogP contribution in [-0.4, -0.2) is 16.0 Å². The number of pyridine rings is 1. The molecular formula is C16H13Cl2N3OS. The molecular weight excluding hydrogens is 353 g/mol. The van der Waals surface area contributed by atoms with Gasteiger partial charge in [-0.2, -0.15) is 0 Å². The quantitative estimate of drug-likeness (QED) is 0.631. The van der Waals surface area contributed by atoms with E-state index >= 15 is 0 Å². The highest BCUT2D eigenvalue weighted by Crippen LogP contribution is 2.21. The molecule has 23 heavy (non-hydrogen) atoms. The smallest absolute Gasteiger partial charge is 0.250 e. The predicted molar refractivity (Wildman–Crippen MR) is 98.8 cm³/mol.